The van der Waals surface area contributed by atoms with Gasteiger partial charge in [-0.1, -0.05) is 42.5 Å². The molecule has 1 unspecified atom stereocenters. The van der Waals surface area contributed by atoms with Crippen molar-refractivity contribution in [3.8, 4) is 0 Å². The van der Waals surface area contributed by atoms with Crippen LogP contribution in [0.15, 0.2) is 48.5 Å². The molecule has 2 rings (SSSR count). The minimum absolute atomic E-state index is 0.350. The first-order chi connectivity index (χ1) is 9.08. The van der Waals surface area contributed by atoms with Gasteiger partial charge in [-0.25, -0.2) is 0 Å². The lowest BCUT2D eigenvalue weighted by molar-refractivity contribution is 0.253. The van der Waals surface area contributed by atoms with E-state index >= 15 is 0 Å². The monoisotopic (exact) mass is 254 g/mol. The SMILES string of the molecule is Cc1ccc(C(C)N(C)Cc2ccccc2)cc1N. The van der Waals surface area contributed by atoms with Crippen LogP contribution in [0.4, 0.5) is 5.69 Å². The fourth-order valence-corrected chi connectivity index (χ4v) is 2.18. The molecule has 2 heteroatoms. The van der Waals surface area contributed by atoms with Gasteiger partial charge < -0.3 is 5.73 Å². The number of nitrogens with zero attached hydrogens (tertiary/aromatic N) is 1. The van der Waals surface area contributed by atoms with Crippen molar-refractivity contribution in [3.63, 3.8) is 0 Å². The third kappa shape index (κ3) is 3.36. The van der Waals surface area contributed by atoms with E-state index in [4.69, 9.17) is 5.73 Å². The smallest absolute Gasteiger partial charge is 0.0347 e. The molecule has 0 aliphatic heterocycles. The second kappa shape index (κ2) is 5.89. The minimum atomic E-state index is 0.350. The van der Waals surface area contributed by atoms with Crippen molar-refractivity contribution >= 4 is 5.69 Å². The number of hydrogen-bond acceptors (Lipinski definition) is 2. The number of rotatable bonds is 4. The molecule has 0 saturated heterocycles. The largest absolute Gasteiger partial charge is 0.399 e. The number of nitrogen functional groups attached to an aromatic ring is 1. The number of aryl methyl sites for hydroxylation is 1. The Labute approximate surface area is 115 Å². The number of benzene rings is 2. The molecular weight excluding hydrogens is 232 g/mol. The van der Waals surface area contributed by atoms with Gasteiger partial charge in [0.2, 0.25) is 0 Å². The third-order valence-corrected chi connectivity index (χ3v) is 3.72. The van der Waals surface area contributed by atoms with E-state index in [1.54, 1.807) is 0 Å². The molecule has 19 heavy (non-hydrogen) atoms. The van der Waals surface area contributed by atoms with Crippen LogP contribution in [-0.4, -0.2) is 11.9 Å². The molecule has 0 spiro atoms. The molecule has 0 heterocycles. The predicted molar refractivity (Wildman–Crippen MR) is 81.9 cm³/mol. The standard InChI is InChI=1S/C17H22N2/c1-13-9-10-16(11-17(13)18)14(2)19(3)12-15-7-5-4-6-8-15/h4-11,14H,12,18H2,1-3H3. The predicted octanol–water partition coefficient (Wildman–Crippen LogP) is 3.77. The molecule has 0 aliphatic rings. The van der Waals surface area contributed by atoms with Crippen molar-refractivity contribution in [1.82, 2.24) is 4.90 Å². The van der Waals surface area contributed by atoms with Gasteiger partial charge in [-0.05, 0) is 43.7 Å². The summed E-state index contributed by atoms with van der Waals surface area (Å²) in [5, 5.41) is 0. The maximum atomic E-state index is 5.99. The van der Waals surface area contributed by atoms with Gasteiger partial charge in [-0.2, -0.15) is 0 Å². The molecular formula is C17H22N2. The van der Waals surface area contributed by atoms with Crippen LogP contribution in [0.2, 0.25) is 0 Å². The van der Waals surface area contributed by atoms with Crippen molar-refractivity contribution in [2.75, 3.05) is 12.8 Å². The highest BCUT2D eigenvalue weighted by Gasteiger charge is 2.12. The Bertz CT molecular complexity index is 534. The van der Waals surface area contributed by atoms with Crippen LogP contribution in [0.25, 0.3) is 0 Å². The van der Waals surface area contributed by atoms with Crippen LogP contribution in [0.3, 0.4) is 0 Å². The van der Waals surface area contributed by atoms with Crippen LogP contribution < -0.4 is 5.73 Å². The van der Waals surface area contributed by atoms with Crippen molar-refractivity contribution < 1.29 is 0 Å². The average Bonchev–Trinajstić information content (AvgIpc) is 2.42. The van der Waals surface area contributed by atoms with E-state index in [-0.39, 0.29) is 0 Å². The Morgan fingerprint density at radius 1 is 1.11 bits per heavy atom. The Hall–Kier alpha value is -1.80. The number of nitrogens with two attached hydrogens (primary N) is 1. The van der Waals surface area contributed by atoms with Gasteiger partial charge in [0.1, 0.15) is 0 Å². The van der Waals surface area contributed by atoms with E-state index in [9.17, 15) is 0 Å². The van der Waals surface area contributed by atoms with E-state index in [1.807, 2.05) is 13.0 Å². The fraction of sp³-hybridized carbons (Fsp3) is 0.294. The second-order valence-corrected chi connectivity index (χ2v) is 5.19. The van der Waals surface area contributed by atoms with Crippen molar-refractivity contribution in [2.45, 2.75) is 26.4 Å². The summed E-state index contributed by atoms with van der Waals surface area (Å²) in [6, 6.07) is 17.2. The van der Waals surface area contributed by atoms with Gasteiger partial charge in [0, 0.05) is 18.3 Å². The minimum Gasteiger partial charge on any atom is -0.399 e. The van der Waals surface area contributed by atoms with Crippen LogP contribution in [0.5, 0.6) is 0 Å². The summed E-state index contributed by atoms with van der Waals surface area (Å²) in [6.45, 7) is 5.19. The summed E-state index contributed by atoms with van der Waals surface area (Å²) in [5.41, 5.74) is 10.6. The van der Waals surface area contributed by atoms with E-state index in [2.05, 4.69) is 61.3 Å². The molecule has 0 amide bonds. The number of hydrogen-bond donors (Lipinski definition) is 1. The topological polar surface area (TPSA) is 29.3 Å². The Morgan fingerprint density at radius 3 is 2.42 bits per heavy atom. The lowest BCUT2D eigenvalue weighted by Gasteiger charge is -2.25. The highest BCUT2D eigenvalue weighted by atomic mass is 15.1. The van der Waals surface area contributed by atoms with Gasteiger partial charge in [0.25, 0.3) is 0 Å². The first-order valence-corrected chi connectivity index (χ1v) is 6.68. The molecule has 2 aromatic rings. The summed E-state index contributed by atoms with van der Waals surface area (Å²) in [4.78, 5) is 2.33. The van der Waals surface area contributed by atoms with Crippen molar-refractivity contribution in [3.05, 3.63) is 65.2 Å². The van der Waals surface area contributed by atoms with Gasteiger partial charge in [-0.15, -0.1) is 0 Å². The van der Waals surface area contributed by atoms with Crippen LogP contribution in [0.1, 0.15) is 29.7 Å². The van der Waals surface area contributed by atoms with E-state index in [1.165, 1.54) is 11.1 Å². The lowest BCUT2D eigenvalue weighted by Crippen LogP contribution is -2.22. The third-order valence-electron chi connectivity index (χ3n) is 3.72. The molecule has 2 aromatic carbocycles. The lowest BCUT2D eigenvalue weighted by atomic mass is 10.0. The zero-order chi connectivity index (χ0) is 13.8. The molecule has 2 N–H and O–H groups in total. The normalized spacial score (nSPS) is 12.6. The maximum absolute atomic E-state index is 5.99. The van der Waals surface area contributed by atoms with E-state index < -0.39 is 0 Å². The Balaban J connectivity index is 2.10. The molecule has 0 radical (unpaired) electrons. The van der Waals surface area contributed by atoms with Crippen LogP contribution in [-0.2, 0) is 6.54 Å². The van der Waals surface area contributed by atoms with Crippen molar-refractivity contribution in [1.29, 1.82) is 0 Å². The van der Waals surface area contributed by atoms with Gasteiger partial charge in [-0.3, -0.25) is 4.90 Å². The summed E-state index contributed by atoms with van der Waals surface area (Å²) in [7, 11) is 2.15. The first kappa shape index (κ1) is 13.6. The second-order valence-electron chi connectivity index (χ2n) is 5.19. The molecule has 0 fully saturated rings. The first-order valence-electron chi connectivity index (χ1n) is 6.68. The van der Waals surface area contributed by atoms with Crippen molar-refractivity contribution in [2.24, 2.45) is 0 Å². The Kier molecular flexibility index (Phi) is 4.23. The van der Waals surface area contributed by atoms with E-state index in [0.29, 0.717) is 6.04 Å². The maximum Gasteiger partial charge on any atom is 0.0347 e. The van der Waals surface area contributed by atoms with E-state index in [0.717, 1.165) is 17.8 Å². The quantitative estimate of drug-likeness (QED) is 0.842. The molecule has 0 aliphatic carbocycles. The van der Waals surface area contributed by atoms with Crippen LogP contribution >= 0.6 is 0 Å². The molecule has 1 atom stereocenters. The fourth-order valence-electron chi connectivity index (χ4n) is 2.18. The summed E-state index contributed by atoms with van der Waals surface area (Å²) in [5.74, 6) is 0. The van der Waals surface area contributed by atoms with Gasteiger partial charge in [0.15, 0.2) is 0 Å². The zero-order valence-corrected chi connectivity index (χ0v) is 11.9. The highest BCUT2D eigenvalue weighted by Crippen LogP contribution is 2.24. The van der Waals surface area contributed by atoms with Gasteiger partial charge >= 0.3 is 0 Å². The summed E-state index contributed by atoms with van der Waals surface area (Å²) >= 11 is 0. The molecule has 100 valence electrons. The average molecular weight is 254 g/mol. The highest BCUT2D eigenvalue weighted by molar-refractivity contribution is 5.48. The molecule has 0 aromatic heterocycles. The van der Waals surface area contributed by atoms with Crippen LogP contribution in [0, 0.1) is 6.92 Å². The molecule has 2 nitrogen and oxygen atoms in total. The van der Waals surface area contributed by atoms with Gasteiger partial charge in [0.05, 0.1) is 0 Å². The summed E-state index contributed by atoms with van der Waals surface area (Å²) < 4.78 is 0. The molecule has 0 saturated carbocycles. The number of anilines is 1. The summed E-state index contributed by atoms with van der Waals surface area (Å²) in [6.07, 6.45) is 0. The molecule has 0 bridgehead atoms. The Morgan fingerprint density at radius 2 is 1.79 bits per heavy atom. The zero-order valence-electron chi connectivity index (χ0n) is 11.9.